The molecule has 28 heavy (non-hydrogen) atoms. The van der Waals surface area contributed by atoms with E-state index < -0.39 is 23.8 Å². The fourth-order valence-electron chi connectivity index (χ4n) is 2.33. The second-order valence-corrected chi connectivity index (χ2v) is 15.1. The number of carbonyl (C=O) groups excluding carboxylic acids is 1. The topological polar surface area (TPSA) is 104 Å². The van der Waals surface area contributed by atoms with Gasteiger partial charge in [-0.15, -0.1) is 0 Å². The first-order valence-corrected chi connectivity index (χ1v) is 14.0. The first-order chi connectivity index (χ1) is 13.1. The van der Waals surface area contributed by atoms with Gasteiger partial charge in [-0.25, -0.2) is 13.8 Å². The molecule has 1 unspecified atom stereocenters. The monoisotopic (exact) mass is 425 g/mol. The van der Waals surface area contributed by atoms with Crippen molar-refractivity contribution < 1.29 is 23.2 Å². The number of nitrogens with zero attached hydrogens (tertiary/aromatic N) is 2. The Kier molecular flexibility index (Phi) is 7.02. The minimum Gasteiger partial charge on any atom is -0.468 e. The molecular weight excluding hydrogens is 398 g/mol. The molecule has 0 amide bonds. The SMILES string of the molecule is COC(=O)c1ccc(S(=N)(=O)c2cn(COCC[Si](C)(C)C)c(OC)n2)cc1. The van der Waals surface area contributed by atoms with Gasteiger partial charge >= 0.3 is 5.97 Å². The lowest BCUT2D eigenvalue weighted by Gasteiger charge is -2.15. The van der Waals surface area contributed by atoms with Crippen molar-refractivity contribution >= 4 is 23.8 Å². The van der Waals surface area contributed by atoms with Gasteiger partial charge in [-0.05, 0) is 30.3 Å². The molecule has 0 aliphatic rings. The number of hydrogen-bond acceptors (Lipinski definition) is 7. The Morgan fingerprint density at radius 2 is 1.86 bits per heavy atom. The van der Waals surface area contributed by atoms with E-state index in [2.05, 4.69) is 29.4 Å². The average Bonchev–Trinajstić information content (AvgIpc) is 3.08. The number of nitrogens with one attached hydrogen (secondary N) is 1. The molecular formula is C18H27N3O5SSi. The van der Waals surface area contributed by atoms with Gasteiger partial charge in [0.1, 0.15) is 16.5 Å². The summed E-state index contributed by atoms with van der Waals surface area (Å²) in [5, 5.41) is 0.0731. The third-order valence-electron chi connectivity index (χ3n) is 4.03. The Hall–Kier alpha value is -2.17. The molecule has 1 heterocycles. The van der Waals surface area contributed by atoms with Crippen LogP contribution in [0.3, 0.4) is 0 Å². The van der Waals surface area contributed by atoms with Crippen molar-refractivity contribution in [2.24, 2.45) is 0 Å². The number of imidazole rings is 1. The highest BCUT2D eigenvalue weighted by Crippen LogP contribution is 2.24. The molecule has 2 rings (SSSR count). The van der Waals surface area contributed by atoms with Crippen molar-refractivity contribution in [3.05, 3.63) is 36.0 Å². The zero-order valence-corrected chi connectivity index (χ0v) is 18.7. The predicted molar refractivity (Wildman–Crippen MR) is 108 cm³/mol. The average molecular weight is 426 g/mol. The predicted octanol–water partition coefficient (Wildman–Crippen LogP) is 3.46. The summed E-state index contributed by atoms with van der Waals surface area (Å²) in [6.07, 6.45) is 1.51. The molecule has 0 fully saturated rings. The van der Waals surface area contributed by atoms with Crippen molar-refractivity contribution in [3.8, 4) is 6.01 Å². The maximum absolute atomic E-state index is 13.1. The second-order valence-electron chi connectivity index (χ2n) is 7.46. The van der Waals surface area contributed by atoms with Gasteiger partial charge < -0.3 is 14.2 Å². The summed E-state index contributed by atoms with van der Waals surface area (Å²) < 4.78 is 38.6. The number of aromatic nitrogens is 2. The van der Waals surface area contributed by atoms with E-state index in [9.17, 15) is 9.00 Å². The van der Waals surface area contributed by atoms with Crippen LogP contribution < -0.4 is 4.74 Å². The normalized spacial score (nSPS) is 13.8. The van der Waals surface area contributed by atoms with E-state index in [0.29, 0.717) is 12.2 Å². The van der Waals surface area contributed by atoms with E-state index in [0.717, 1.165) is 6.04 Å². The lowest BCUT2D eigenvalue weighted by Crippen LogP contribution is -2.22. The molecule has 1 atom stereocenters. The van der Waals surface area contributed by atoms with Crippen LogP contribution in [0, 0.1) is 4.78 Å². The second kappa shape index (κ2) is 8.89. The third kappa shape index (κ3) is 5.43. The van der Waals surface area contributed by atoms with Gasteiger partial charge in [-0.2, -0.15) is 4.98 Å². The van der Waals surface area contributed by atoms with Crippen LogP contribution in [-0.2, 0) is 25.9 Å². The van der Waals surface area contributed by atoms with Crippen LogP contribution in [0.4, 0.5) is 0 Å². The van der Waals surface area contributed by atoms with Crippen LogP contribution in [-0.4, -0.2) is 48.6 Å². The van der Waals surface area contributed by atoms with Crippen molar-refractivity contribution in [1.29, 1.82) is 4.78 Å². The van der Waals surface area contributed by atoms with Gasteiger partial charge in [-0.1, -0.05) is 19.6 Å². The third-order valence-corrected chi connectivity index (χ3v) is 7.45. The zero-order chi connectivity index (χ0) is 20.9. The Morgan fingerprint density at radius 1 is 1.21 bits per heavy atom. The largest absolute Gasteiger partial charge is 0.468 e. The summed E-state index contributed by atoms with van der Waals surface area (Å²) >= 11 is 0. The van der Waals surface area contributed by atoms with Gasteiger partial charge in [0.05, 0.1) is 24.7 Å². The van der Waals surface area contributed by atoms with Gasteiger partial charge in [0, 0.05) is 20.9 Å². The molecule has 0 aliphatic heterocycles. The van der Waals surface area contributed by atoms with Gasteiger partial charge in [0.2, 0.25) is 0 Å². The summed E-state index contributed by atoms with van der Waals surface area (Å²) in [4.78, 5) is 16.0. The molecule has 0 saturated carbocycles. The number of rotatable bonds is 9. The molecule has 1 N–H and O–H groups in total. The molecule has 1 aromatic carbocycles. The maximum atomic E-state index is 13.1. The van der Waals surface area contributed by atoms with Crippen LogP contribution >= 0.6 is 0 Å². The fraction of sp³-hybridized carbons (Fsp3) is 0.444. The quantitative estimate of drug-likeness (QED) is 0.375. The maximum Gasteiger partial charge on any atom is 0.337 e. The fourth-order valence-corrected chi connectivity index (χ4v) is 4.33. The summed E-state index contributed by atoms with van der Waals surface area (Å²) in [7, 11) is -1.81. The number of methoxy groups -OCH3 is 2. The van der Waals surface area contributed by atoms with Crippen LogP contribution in [0.2, 0.25) is 25.7 Å². The molecule has 154 valence electrons. The molecule has 2 aromatic rings. The smallest absolute Gasteiger partial charge is 0.337 e. The van der Waals surface area contributed by atoms with Crippen molar-refractivity contribution in [3.63, 3.8) is 0 Å². The van der Waals surface area contributed by atoms with E-state index >= 15 is 0 Å². The number of carbonyl (C=O) groups is 1. The molecule has 0 radical (unpaired) electrons. The van der Waals surface area contributed by atoms with Crippen molar-refractivity contribution in [1.82, 2.24) is 9.55 Å². The zero-order valence-electron chi connectivity index (χ0n) is 16.9. The molecule has 10 heteroatoms. The molecule has 0 aliphatic carbocycles. The minimum atomic E-state index is -3.37. The molecule has 1 aromatic heterocycles. The van der Waals surface area contributed by atoms with Crippen molar-refractivity contribution in [2.75, 3.05) is 20.8 Å². The van der Waals surface area contributed by atoms with Crippen molar-refractivity contribution in [2.45, 2.75) is 42.3 Å². The Morgan fingerprint density at radius 3 is 2.39 bits per heavy atom. The highest BCUT2D eigenvalue weighted by Gasteiger charge is 2.21. The minimum absolute atomic E-state index is 0.0731. The molecule has 0 saturated heterocycles. The summed E-state index contributed by atoms with van der Waals surface area (Å²) in [6.45, 7) is 7.64. The molecule has 0 spiro atoms. The van der Waals surface area contributed by atoms with Crippen LogP contribution in [0.1, 0.15) is 10.4 Å². The molecule has 8 nitrogen and oxygen atoms in total. The number of hydrogen-bond donors (Lipinski definition) is 1. The van der Waals surface area contributed by atoms with Crippen LogP contribution in [0.5, 0.6) is 6.01 Å². The summed E-state index contributed by atoms with van der Waals surface area (Å²) in [5.41, 5.74) is 0.320. The summed E-state index contributed by atoms with van der Waals surface area (Å²) in [6, 6.07) is 7.15. The number of benzene rings is 1. The van der Waals surface area contributed by atoms with Gasteiger partial charge in [-0.3, -0.25) is 4.57 Å². The Labute approximate surface area is 166 Å². The van der Waals surface area contributed by atoms with E-state index in [1.54, 1.807) is 4.57 Å². The van der Waals surface area contributed by atoms with Gasteiger partial charge in [0.25, 0.3) is 6.01 Å². The van der Waals surface area contributed by atoms with Gasteiger partial charge in [0.15, 0.2) is 5.03 Å². The number of ether oxygens (including phenoxy) is 3. The van der Waals surface area contributed by atoms with E-state index in [1.807, 2.05) is 0 Å². The van der Waals surface area contributed by atoms with Crippen LogP contribution in [0.15, 0.2) is 40.4 Å². The standard InChI is InChI=1S/C18H27N3O5SSi/c1-24-17(22)14-6-8-15(9-7-14)27(19,23)16-12-21(18(20-16)25-2)13-26-10-11-28(3,4)5/h6-9,12,19H,10-11,13H2,1-5H3. The Balaban J connectivity index is 2.19. The molecule has 0 bridgehead atoms. The highest BCUT2D eigenvalue weighted by molar-refractivity contribution is 7.92. The first-order valence-electron chi connectivity index (χ1n) is 8.74. The van der Waals surface area contributed by atoms with E-state index in [1.165, 1.54) is 44.7 Å². The van der Waals surface area contributed by atoms with E-state index in [-0.39, 0.29) is 22.7 Å². The summed E-state index contributed by atoms with van der Waals surface area (Å²) in [5.74, 6) is -0.496. The lowest BCUT2D eigenvalue weighted by atomic mass is 10.2. The Bertz CT molecular complexity index is 918. The highest BCUT2D eigenvalue weighted by atomic mass is 32.2. The number of esters is 1. The van der Waals surface area contributed by atoms with Crippen LogP contribution in [0.25, 0.3) is 0 Å². The first kappa shape index (κ1) is 22.1. The lowest BCUT2D eigenvalue weighted by molar-refractivity contribution is 0.0600. The van der Waals surface area contributed by atoms with E-state index in [4.69, 9.17) is 14.3 Å².